The Bertz CT molecular complexity index is 1290. The lowest BCUT2D eigenvalue weighted by atomic mass is 9.92. The molecule has 0 aliphatic heterocycles. The first kappa shape index (κ1) is 23.3. The average Bonchev–Trinajstić information content (AvgIpc) is 3.15. The van der Waals surface area contributed by atoms with Crippen molar-refractivity contribution in [3.05, 3.63) is 35.7 Å². The Labute approximate surface area is 189 Å². The zero-order chi connectivity index (χ0) is 24.0. The van der Waals surface area contributed by atoms with Crippen LogP contribution >= 0.6 is 7.14 Å². The van der Waals surface area contributed by atoms with Gasteiger partial charge in [0.1, 0.15) is 12.7 Å². The van der Waals surface area contributed by atoms with Crippen molar-refractivity contribution in [2.45, 2.75) is 43.9 Å². The summed E-state index contributed by atoms with van der Waals surface area (Å²) in [5.74, 6) is 0.0944. The van der Waals surface area contributed by atoms with Gasteiger partial charge in [-0.1, -0.05) is 6.07 Å². The van der Waals surface area contributed by atoms with Crippen LogP contribution in [-0.2, 0) is 10.7 Å². The zero-order valence-corrected chi connectivity index (χ0v) is 19.1. The number of aromatic amines is 1. The first-order valence-corrected chi connectivity index (χ1v) is 13.2. The highest BCUT2D eigenvalue weighted by Gasteiger charge is 2.36. The van der Waals surface area contributed by atoms with Crippen LogP contribution in [0.15, 0.2) is 24.5 Å². The van der Waals surface area contributed by atoms with E-state index in [0.717, 1.165) is 25.5 Å². The molecule has 7 nitrogen and oxygen atoms in total. The maximum absolute atomic E-state index is 13.9. The van der Waals surface area contributed by atoms with Gasteiger partial charge in [-0.2, -0.15) is 18.4 Å². The third kappa shape index (κ3) is 4.61. The topological polar surface area (TPSA) is 120 Å². The van der Waals surface area contributed by atoms with Crippen LogP contribution in [-0.4, -0.2) is 40.4 Å². The van der Waals surface area contributed by atoms with E-state index in [2.05, 4.69) is 20.3 Å². The van der Waals surface area contributed by atoms with Crippen LogP contribution in [0.5, 0.6) is 0 Å². The van der Waals surface area contributed by atoms with E-state index in [1.807, 2.05) is 6.07 Å². The maximum Gasteiger partial charge on any atom is 0.419 e. The van der Waals surface area contributed by atoms with Gasteiger partial charge < -0.3 is 20.6 Å². The summed E-state index contributed by atoms with van der Waals surface area (Å²) in [6.07, 6.45) is 0.874. The Hall–Kier alpha value is -2.89. The molecule has 2 heterocycles. The summed E-state index contributed by atoms with van der Waals surface area (Å²) in [5.41, 5.74) is 5.55. The Morgan fingerprint density at radius 3 is 2.70 bits per heavy atom. The number of hydrogen-bond acceptors (Lipinski definition) is 6. The smallest absolute Gasteiger partial charge is 0.360 e. The number of alkyl halides is 3. The van der Waals surface area contributed by atoms with Crippen molar-refractivity contribution in [1.29, 1.82) is 5.26 Å². The number of aromatic nitrogens is 3. The normalized spacial score (nSPS) is 19.4. The molecule has 0 saturated heterocycles. The van der Waals surface area contributed by atoms with E-state index in [1.165, 1.54) is 25.6 Å². The molecule has 0 radical (unpaired) electrons. The van der Waals surface area contributed by atoms with Gasteiger partial charge in [0.05, 0.1) is 28.1 Å². The largest absolute Gasteiger partial charge is 0.419 e. The number of benzene rings is 1. The standard InChI is InChI=1S/C22H24F3N6OP/c1-33(2,32)20-12(9-26)6-7-15-16(10-28-19(15)20)18-17(22(23,24)25)11-29-21(31-18)30-14-5-3-4-13(27)8-14/h6-7,10-11,13-14,28H,3-5,8,27H2,1-2H3,(H,29,30,31)/t13-,14+/m1/s1. The summed E-state index contributed by atoms with van der Waals surface area (Å²) < 4.78 is 54.5. The van der Waals surface area contributed by atoms with E-state index in [0.29, 0.717) is 22.6 Å². The molecule has 1 fully saturated rings. The predicted molar refractivity (Wildman–Crippen MR) is 122 cm³/mol. The lowest BCUT2D eigenvalue weighted by Gasteiger charge is -2.27. The number of hydrogen-bond donors (Lipinski definition) is 3. The molecule has 2 aromatic heterocycles. The van der Waals surface area contributed by atoms with Gasteiger partial charge in [-0.3, -0.25) is 0 Å². The fourth-order valence-electron chi connectivity index (χ4n) is 4.43. The third-order valence-electron chi connectivity index (χ3n) is 5.89. The molecule has 11 heteroatoms. The quantitative estimate of drug-likeness (QED) is 0.479. The highest BCUT2D eigenvalue weighted by atomic mass is 31.2. The highest BCUT2D eigenvalue weighted by Crippen LogP contribution is 2.43. The fraction of sp³-hybridized carbons (Fsp3) is 0.409. The molecule has 33 heavy (non-hydrogen) atoms. The number of halogens is 3. The van der Waals surface area contributed by atoms with Crippen molar-refractivity contribution in [3.63, 3.8) is 0 Å². The van der Waals surface area contributed by atoms with E-state index >= 15 is 0 Å². The van der Waals surface area contributed by atoms with Crippen LogP contribution in [0, 0.1) is 11.3 Å². The molecule has 0 bridgehead atoms. The molecule has 1 aliphatic carbocycles. The summed E-state index contributed by atoms with van der Waals surface area (Å²) in [6, 6.07) is 5.06. The number of H-pyrrole nitrogens is 1. The van der Waals surface area contributed by atoms with Crippen molar-refractivity contribution in [2.24, 2.45) is 5.73 Å². The summed E-state index contributed by atoms with van der Waals surface area (Å²) >= 11 is 0. The minimum Gasteiger partial charge on any atom is -0.360 e. The van der Waals surface area contributed by atoms with E-state index in [9.17, 15) is 23.0 Å². The summed E-state index contributed by atoms with van der Waals surface area (Å²) in [4.78, 5) is 11.1. The second kappa shape index (κ2) is 8.47. The van der Waals surface area contributed by atoms with Crippen LogP contribution in [0.25, 0.3) is 22.2 Å². The van der Waals surface area contributed by atoms with Gasteiger partial charge in [-0.05, 0) is 45.1 Å². The van der Waals surface area contributed by atoms with Crippen molar-refractivity contribution < 1.29 is 17.7 Å². The van der Waals surface area contributed by atoms with Gasteiger partial charge >= 0.3 is 6.18 Å². The summed E-state index contributed by atoms with van der Waals surface area (Å²) in [5, 5.41) is 13.3. The van der Waals surface area contributed by atoms with Gasteiger partial charge in [-0.15, -0.1) is 0 Å². The second-order valence-corrected chi connectivity index (χ2v) is 11.9. The number of nitrogens with zero attached hydrogens (tertiary/aromatic N) is 3. The van der Waals surface area contributed by atoms with Crippen LogP contribution < -0.4 is 16.4 Å². The van der Waals surface area contributed by atoms with Gasteiger partial charge in [-0.25, -0.2) is 9.97 Å². The molecule has 0 spiro atoms. The molecular formula is C22H24F3N6OP. The van der Waals surface area contributed by atoms with E-state index in [4.69, 9.17) is 5.73 Å². The molecule has 0 unspecified atom stereocenters. The van der Waals surface area contributed by atoms with E-state index < -0.39 is 18.9 Å². The van der Waals surface area contributed by atoms with Crippen LogP contribution in [0.3, 0.4) is 0 Å². The molecule has 2 atom stereocenters. The van der Waals surface area contributed by atoms with Crippen molar-refractivity contribution in [1.82, 2.24) is 15.0 Å². The molecule has 1 aliphatic rings. The van der Waals surface area contributed by atoms with Gasteiger partial charge in [0, 0.05) is 35.4 Å². The summed E-state index contributed by atoms with van der Waals surface area (Å²) in [6.45, 7) is 3.04. The number of nitrogens with two attached hydrogens (primary N) is 1. The zero-order valence-electron chi connectivity index (χ0n) is 18.2. The first-order valence-electron chi connectivity index (χ1n) is 10.6. The van der Waals surface area contributed by atoms with Crippen molar-refractivity contribution in [2.75, 3.05) is 18.6 Å². The molecule has 174 valence electrons. The minimum atomic E-state index is -4.68. The number of rotatable bonds is 4. The lowest BCUT2D eigenvalue weighted by Crippen LogP contribution is -2.35. The molecule has 0 amide bonds. The van der Waals surface area contributed by atoms with E-state index in [-0.39, 0.29) is 34.9 Å². The Kier molecular flexibility index (Phi) is 5.97. The van der Waals surface area contributed by atoms with E-state index in [1.54, 1.807) is 6.07 Å². The number of fused-ring (bicyclic) bond motifs is 1. The van der Waals surface area contributed by atoms with Gasteiger partial charge in [0.25, 0.3) is 0 Å². The highest BCUT2D eigenvalue weighted by molar-refractivity contribution is 7.70. The summed E-state index contributed by atoms with van der Waals surface area (Å²) in [7, 11) is -2.91. The predicted octanol–water partition coefficient (Wildman–Crippen LogP) is 4.45. The number of anilines is 1. The minimum absolute atomic E-state index is 0.0165. The van der Waals surface area contributed by atoms with Crippen LogP contribution in [0.2, 0.25) is 0 Å². The molecule has 1 aromatic carbocycles. The average molecular weight is 476 g/mol. The Balaban J connectivity index is 1.87. The SMILES string of the molecule is CP(C)(=O)c1c(C#N)ccc2c(-c3nc(N[C@H]4CCC[C@@H](N)C4)ncc3C(F)(F)F)c[nH]c12. The number of nitrogens with one attached hydrogen (secondary N) is 2. The monoisotopic (exact) mass is 476 g/mol. The molecule has 4 N–H and O–H groups in total. The molecule has 3 aromatic rings. The molecular weight excluding hydrogens is 452 g/mol. The molecule has 4 rings (SSSR count). The second-order valence-electron chi connectivity index (χ2n) is 8.77. The number of nitriles is 1. The Morgan fingerprint density at radius 2 is 2.06 bits per heavy atom. The van der Waals surface area contributed by atoms with Crippen molar-refractivity contribution >= 4 is 29.3 Å². The molecule has 1 saturated carbocycles. The third-order valence-corrected chi connectivity index (χ3v) is 7.43. The Morgan fingerprint density at radius 1 is 1.30 bits per heavy atom. The first-order chi connectivity index (χ1) is 15.5. The van der Waals surface area contributed by atoms with Gasteiger partial charge in [0.15, 0.2) is 0 Å². The lowest BCUT2D eigenvalue weighted by molar-refractivity contribution is -0.137. The fourth-order valence-corrected chi connectivity index (χ4v) is 5.86. The van der Waals surface area contributed by atoms with Gasteiger partial charge in [0.2, 0.25) is 5.95 Å². The van der Waals surface area contributed by atoms with Crippen LogP contribution in [0.1, 0.15) is 36.8 Å². The van der Waals surface area contributed by atoms with Crippen LogP contribution in [0.4, 0.5) is 19.1 Å². The van der Waals surface area contributed by atoms with Crippen molar-refractivity contribution in [3.8, 4) is 17.3 Å². The maximum atomic E-state index is 13.9.